The Labute approximate surface area is 121 Å². The maximum absolute atomic E-state index is 12.5. The van der Waals surface area contributed by atoms with Crippen LogP contribution in [0.15, 0.2) is 35.1 Å². The zero-order valence-corrected chi connectivity index (χ0v) is 11.7. The number of benzene rings is 1. The summed E-state index contributed by atoms with van der Waals surface area (Å²) in [7, 11) is 1.64. The number of H-pyrrole nitrogens is 1. The third kappa shape index (κ3) is 1.85. The van der Waals surface area contributed by atoms with Gasteiger partial charge >= 0.3 is 0 Å². The number of methoxy groups -OCH3 is 1. The number of hydrogen-bond acceptors (Lipinski definition) is 3. The molecule has 5 heteroatoms. The molecule has 0 amide bonds. The van der Waals surface area contributed by atoms with Crippen molar-refractivity contribution in [3.05, 3.63) is 51.9 Å². The van der Waals surface area contributed by atoms with Gasteiger partial charge in [-0.1, -0.05) is 12.1 Å². The molecule has 4 rings (SSSR count). The maximum Gasteiger partial charge on any atom is 0.276 e. The fraction of sp³-hybridized carbons (Fsp3) is 0.250. The number of aryl methyl sites for hydroxylation is 1. The van der Waals surface area contributed by atoms with E-state index in [1.807, 2.05) is 30.3 Å². The molecule has 1 aromatic carbocycles. The molecular formula is C16H15N3O2. The molecule has 1 N–H and O–H groups in total. The molecular weight excluding hydrogens is 266 g/mol. The highest BCUT2D eigenvalue weighted by atomic mass is 16.5. The number of aromatic amines is 1. The molecule has 0 saturated heterocycles. The summed E-state index contributed by atoms with van der Waals surface area (Å²) in [6.07, 6.45) is 2.76. The van der Waals surface area contributed by atoms with Crippen LogP contribution in [-0.2, 0) is 12.8 Å². The lowest BCUT2D eigenvalue weighted by molar-refractivity contribution is 0.415. The minimum absolute atomic E-state index is 0.0293. The monoisotopic (exact) mass is 281 g/mol. The normalized spacial score (nSPS) is 13.6. The highest BCUT2D eigenvalue weighted by Gasteiger charge is 2.19. The van der Waals surface area contributed by atoms with Crippen molar-refractivity contribution in [2.45, 2.75) is 19.3 Å². The lowest BCUT2D eigenvalue weighted by Gasteiger charge is -2.01. The molecule has 5 nitrogen and oxygen atoms in total. The fourth-order valence-electron chi connectivity index (χ4n) is 2.93. The Morgan fingerprint density at radius 3 is 3.05 bits per heavy atom. The third-order valence-electron chi connectivity index (χ3n) is 4.01. The maximum atomic E-state index is 12.5. The minimum atomic E-state index is 0.0293. The van der Waals surface area contributed by atoms with E-state index < -0.39 is 0 Å². The van der Waals surface area contributed by atoms with Crippen LogP contribution in [0.1, 0.15) is 17.7 Å². The largest absolute Gasteiger partial charge is 0.497 e. The summed E-state index contributed by atoms with van der Waals surface area (Å²) in [6.45, 7) is 0. The molecule has 0 saturated carbocycles. The average Bonchev–Trinajstić information content (AvgIpc) is 3.14. The number of fused-ring (bicyclic) bond motifs is 2. The van der Waals surface area contributed by atoms with Crippen LogP contribution < -0.4 is 10.3 Å². The second-order valence-corrected chi connectivity index (χ2v) is 5.29. The summed E-state index contributed by atoms with van der Waals surface area (Å²) in [5.41, 5.74) is 4.35. The SMILES string of the molecule is COc1cccc(-c2cc3nc4c(c(=O)n3[nH]2)CCC4)c1. The van der Waals surface area contributed by atoms with Crippen molar-refractivity contribution < 1.29 is 4.74 Å². The topological polar surface area (TPSA) is 59.4 Å². The van der Waals surface area contributed by atoms with Crippen LogP contribution in [0.3, 0.4) is 0 Å². The van der Waals surface area contributed by atoms with Crippen LogP contribution in [0.4, 0.5) is 0 Å². The summed E-state index contributed by atoms with van der Waals surface area (Å²) in [4.78, 5) is 17.1. The van der Waals surface area contributed by atoms with Gasteiger partial charge in [-0.3, -0.25) is 9.89 Å². The summed E-state index contributed by atoms with van der Waals surface area (Å²) in [5, 5.41) is 3.15. The van der Waals surface area contributed by atoms with Gasteiger partial charge in [0.25, 0.3) is 5.56 Å². The van der Waals surface area contributed by atoms with E-state index in [-0.39, 0.29) is 5.56 Å². The van der Waals surface area contributed by atoms with Gasteiger partial charge in [0.2, 0.25) is 0 Å². The Hall–Kier alpha value is -2.56. The van der Waals surface area contributed by atoms with Crippen LogP contribution in [0.25, 0.3) is 16.9 Å². The third-order valence-corrected chi connectivity index (χ3v) is 4.01. The zero-order valence-electron chi connectivity index (χ0n) is 11.7. The average molecular weight is 281 g/mol. The van der Waals surface area contributed by atoms with Crippen molar-refractivity contribution in [3.8, 4) is 17.0 Å². The van der Waals surface area contributed by atoms with Crippen molar-refractivity contribution in [1.82, 2.24) is 14.6 Å². The molecule has 1 aliphatic rings. The molecule has 0 unspecified atom stereocenters. The number of nitrogens with one attached hydrogen (secondary N) is 1. The van der Waals surface area contributed by atoms with Crippen LogP contribution >= 0.6 is 0 Å². The van der Waals surface area contributed by atoms with Gasteiger partial charge in [-0.25, -0.2) is 9.50 Å². The molecule has 0 radical (unpaired) electrons. The summed E-state index contributed by atoms with van der Waals surface area (Å²) < 4.78 is 6.78. The molecule has 0 atom stereocenters. The Morgan fingerprint density at radius 1 is 1.29 bits per heavy atom. The number of nitrogens with zero attached hydrogens (tertiary/aromatic N) is 2. The van der Waals surface area contributed by atoms with Crippen molar-refractivity contribution in [1.29, 1.82) is 0 Å². The van der Waals surface area contributed by atoms with E-state index in [0.29, 0.717) is 5.65 Å². The zero-order chi connectivity index (χ0) is 14.4. The molecule has 3 aromatic rings. The number of rotatable bonds is 2. The first-order chi connectivity index (χ1) is 10.3. The van der Waals surface area contributed by atoms with E-state index in [1.54, 1.807) is 11.6 Å². The van der Waals surface area contributed by atoms with E-state index in [0.717, 1.165) is 47.5 Å². The van der Waals surface area contributed by atoms with Crippen LogP contribution in [0.5, 0.6) is 5.75 Å². The van der Waals surface area contributed by atoms with E-state index in [9.17, 15) is 4.79 Å². The van der Waals surface area contributed by atoms with Gasteiger partial charge in [0, 0.05) is 17.2 Å². The molecule has 2 heterocycles. The summed E-state index contributed by atoms with van der Waals surface area (Å²) >= 11 is 0. The first-order valence-electron chi connectivity index (χ1n) is 7.04. The lowest BCUT2D eigenvalue weighted by atomic mass is 10.1. The molecule has 21 heavy (non-hydrogen) atoms. The number of aromatic nitrogens is 3. The van der Waals surface area contributed by atoms with Gasteiger partial charge in [0.1, 0.15) is 5.75 Å². The van der Waals surface area contributed by atoms with Crippen LogP contribution in [0, 0.1) is 0 Å². The molecule has 0 spiro atoms. The molecule has 106 valence electrons. The molecule has 0 bridgehead atoms. The van der Waals surface area contributed by atoms with Crippen molar-refractivity contribution in [2.24, 2.45) is 0 Å². The first-order valence-corrected chi connectivity index (χ1v) is 7.04. The van der Waals surface area contributed by atoms with Crippen molar-refractivity contribution >= 4 is 5.65 Å². The van der Waals surface area contributed by atoms with E-state index >= 15 is 0 Å². The van der Waals surface area contributed by atoms with Crippen molar-refractivity contribution in [2.75, 3.05) is 7.11 Å². The molecule has 0 aliphatic heterocycles. The van der Waals surface area contributed by atoms with Gasteiger partial charge in [-0.15, -0.1) is 0 Å². The van der Waals surface area contributed by atoms with Crippen LogP contribution in [0.2, 0.25) is 0 Å². The summed E-state index contributed by atoms with van der Waals surface area (Å²) in [5.74, 6) is 0.786. The highest BCUT2D eigenvalue weighted by molar-refractivity contribution is 5.65. The Balaban J connectivity index is 1.91. The predicted molar refractivity (Wildman–Crippen MR) is 79.8 cm³/mol. The second kappa shape index (κ2) is 4.48. The van der Waals surface area contributed by atoms with Gasteiger partial charge in [0.05, 0.1) is 18.5 Å². The molecule has 1 aliphatic carbocycles. The Kier molecular flexibility index (Phi) is 2.60. The minimum Gasteiger partial charge on any atom is -0.497 e. The summed E-state index contributed by atoms with van der Waals surface area (Å²) in [6, 6.07) is 9.64. The van der Waals surface area contributed by atoms with Crippen molar-refractivity contribution in [3.63, 3.8) is 0 Å². The van der Waals surface area contributed by atoms with Gasteiger partial charge in [0.15, 0.2) is 5.65 Å². The van der Waals surface area contributed by atoms with E-state index in [1.165, 1.54) is 0 Å². The Bertz CT molecular complexity index is 892. The van der Waals surface area contributed by atoms with Gasteiger partial charge < -0.3 is 4.74 Å². The first kappa shape index (κ1) is 12.2. The smallest absolute Gasteiger partial charge is 0.276 e. The lowest BCUT2D eigenvalue weighted by Crippen LogP contribution is -2.19. The Morgan fingerprint density at radius 2 is 2.19 bits per heavy atom. The fourth-order valence-corrected chi connectivity index (χ4v) is 2.93. The second-order valence-electron chi connectivity index (χ2n) is 5.29. The van der Waals surface area contributed by atoms with Gasteiger partial charge in [-0.05, 0) is 31.4 Å². The highest BCUT2D eigenvalue weighted by Crippen LogP contribution is 2.24. The molecule has 2 aromatic heterocycles. The number of hydrogen-bond donors (Lipinski definition) is 1. The standard InChI is InChI=1S/C16H15N3O2/c1-21-11-5-2-4-10(8-11)14-9-15-17-13-7-3-6-12(13)16(20)19(15)18-14/h2,4-5,8-9,18H,3,6-7H2,1H3. The van der Waals surface area contributed by atoms with E-state index in [4.69, 9.17) is 4.74 Å². The number of ether oxygens (including phenoxy) is 1. The quantitative estimate of drug-likeness (QED) is 0.783. The van der Waals surface area contributed by atoms with Crippen LogP contribution in [-0.4, -0.2) is 21.7 Å². The van der Waals surface area contributed by atoms with Gasteiger partial charge in [-0.2, -0.15) is 0 Å². The van der Waals surface area contributed by atoms with E-state index in [2.05, 4.69) is 10.1 Å². The predicted octanol–water partition coefficient (Wildman–Crippen LogP) is 2.19. The molecule has 0 fully saturated rings.